The van der Waals surface area contributed by atoms with Crippen LogP contribution in [0.15, 0.2) is 41.2 Å². The van der Waals surface area contributed by atoms with E-state index in [0.29, 0.717) is 11.3 Å². The van der Waals surface area contributed by atoms with Crippen LogP contribution in [-0.2, 0) is 0 Å². The van der Waals surface area contributed by atoms with Crippen molar-refractivity contribution in [3.63, 3.8) is 0 Å². The number of primary amides is 1. The first-order valence-electron chi connectivity index (χ1n) is 5.01. The fourth-order valence-corrected chi connectivity index (χ4v) is 1.60. The molecule has 18 heavy (non-hydrogen) atoms. The first kappa shape index (κ1) is 12.2. The van der Waals surface area contributed by atoms with Crippen LogP contribution in [0.25, 0.3) is 0 Å². The molecular formula is C12H9ClN2O3. The van der Waals surface area contributed by atoms with Gasteiger partial charge >= 0.3 is 0 Å². The van der Waals surface area contributed by atoms with Gasteiger partial charge in [0.2, 0.25) is 5.91 Å². The molecule has 5 nitrogen and oxygen atoms in total. The molecule has 0 aliphatic carbocycles. The molecular weight excluding hydrogens is 256 g/mol. The minimum Gasteiger partial charge on any atom is -0.472 e. The monoisotopic (exact) mass is 264 g/mol. The molecule has 1 aromatic carbocycles. The number of rotatable bonds is 3. The Morgan fingerprint density at radius 2 is 2.06 bits per heavy atom. The lowest BCUT2D eigenvalue weighted by molar-refractivity contribution is 0.0996. The molecule has 92 valence electrons. The molecule has 0 aliphatic heterocycles. The van der Waals surface area contributed by atoms with Gasteiger partial charge in [-0.15, -0.1) is 0 Å². The normalized spacial score (nSPS) is 10.1. The first-order valence-corrected chi connectivity index (χ1v) is 5.38. The van der Waals surface area contributed by atoms with Crippen LogP contribution in [0.5, 0.6) is 0 Å². The van der Waals surface area contributed by atoms with Crippen molar-refractivity contribution in [3.05, 3.63) is 52.9 Å². The Morgan fingerprint density at radius 1 is 1.28 bits per heavy atom. The quantitative estimate of drug-likeness (QED) is 0.892. The Kier molecular flexibility index (Phi) is 3.34. The summed E-state index contributed by atoms with van der Waals surface area (Å²) in [7, 11) is 0. The zero-order valence-electron chi connectivity index (χ0n) is 9.14. The van der Waals surface area contributed by atoms with E-state index >= 15 is 0 Å². The molecule has 0 radical (unpaired) electrons. The van der Waals surface area contributed by atoms with E-state index in [9.17, 15) is 9.59 Å². The minimum atomic E-state index is -0.653. The Morgan fingerprint density at radius 3 is 2.67 bits per heavy atom. The highest BCUT2D eigenvalue weighted by atomic mass is 35.5. The van der Waals surface area contributed by atoms with E-state index < -0.39 is 5.91 Å². The number of amides is 2. The molecule has 0 aliphatic rings. The van der Waals surface area contributed by atoms with Crippen molar-refractivity contribution in [2.75, 3.05) is 5.32 Å². The smallest absolute Gasteiger partial charge is 0.258 e. The summed E-state index contributed by atoms with van der Waals surface area (Å²) < 4.78 is 4.80. The number of hydrogen-bond acceptors (Lipinski definition) is 3. The number of halogens is 1. The van der Waals surface area contributed by atoms with Crippen molar-refractivity contribution in [1.82, 2.24) is 0 Å². The van der Waals surface area contributed by atoms with Gasteiger partial charge in [-0.2, -0.15) is 0 Å². The summed E-state index contributed by atoms with van der Waals surface area (Å²) in [5.41, 5.74) is 6.12. The second-order valence-electron chi connectivity index (χ2n) is 3.53. The van der Waals surface area contributed by atoms with Crippen molar-refractivity contribution >= 4 is 29.1 Å². The third-order valence-electron chi connectivity index (χ3n) is 2.27. The van der Waals surface area contributed by atoms with Crippen LogP contribution in [-0.4, -0.2) is 11.8 Å². The Hall–Kier alpha value is -2.27. The Balaban J connectivity index is 2.22. The summed E-state index contributed by atoms with van der Waals surface area (Å²) in [5.74, 6) is -0.999. The topological polar surface area (TPSA) is 85.3 Å². The van der Waals surface area contributed by atoms with Crippen LogP contribution in [0.2, 0.25) is 5.02 Å². The highest BCUT2D eigenvalue weighted by Gasteiger charge is 2.11. The van der Waals surface area contributed by atoms with Gasteiger partial charge in [-0.05, 0) is 24.3 Å². The highest BCUT2D eigenvalue weighted by Crippen LogP contribution is 2.20. The average molecular weight is 265 g/mol. The second-order valence-corrected chi connectivity index (χ2v) is 3.93. The van der Waals surface area contributed by atoms with E-state index in [1.54, 1.807) is 6.07 Å². The summed E-state index contributed by atoms with van der Waals surface area (Å²) >= 11 is 5.80. The number of hydrogen-bond donors (Lipinski definition) is 2. The zero-order valence-corrected chi connectivity index (χ0v) is 9.90. The van der Waals surface area contributed by atoms with Crippen LogP contribution < -0.4 is 11.1 Å². The molecule has 0 saturated carbocycles. The Labute approximate surface area is 108 Å². The van der Waals surface area contributed by atoms with Gasteiger partial charge in [-0.3, -0.25) is 9.59 Å². The van der Waals surface area contributed by atoms with Gasteiger partial charge in [0.1, 0.15) is 6.26 Å². The summed E-state index contributed by atoms with van der Waals surface area (Å²) in [4.78, 5) is 22.8. The van der Waals surface area contributed by atoms with Gasteiger partial charge in [0.05, 0.1) is 22.4 Å². The number of nitrogens with two attached hydrogens (primary N) is 1. The van der Waals surface area contributed by atoms with Gasteiger partial charge in [0.15, 0.2) is 0 Å². The van der Waals surface area contributed by atoms with Crippen molar-refractivity contribution in [3.8, 4) is 0 Å². The largest absolute Gasteiger partial charge is 0.472 e. The fraction of sp³-hybridized carbons (Fsp3) is 0. The van der Waals surface area contributed by atoms with Crippen molar-refractivity contribution in [2.24, 2.45) is 5.73 Å². The van der Waals surface area contributed by atoms with Crippen LogP contribution in [0.1, 0.15) is 20.7 Å². The molecule has 0 spiro atoms. The molecule has 0 saturated heterocycles. The molecule has 2 rings (SSSR count). The maximum Gasteiger partial charge on any atom is 0.258 e. The second kappa shape index (κ2) is 4.93. The standard InChI is InChI=1S/C12H9ClN2O3/c13-10-2-1-8(5-9(10)11(14)16)15-12(17)7-3-4-18-6-7/h1-6H,(H2,14,16)(H,15,17). The van der Waals surface area contributed by atoms with Crippen LogP contribution >= 0.6 is 11.6 Å². The van der Waals surface area contributed by atoms with Gasteiger partial charge in [0.25, 0.3) is 5.91 Å². The lowest BCUT2D eigenvalue weighted by Crippen LogP contribution is -2.14. The predicted molar refractivity (Wildman–Crippen MR) is 66.6 cm³/mol. The third kappa shape index (κ3) is 2.52. The van der Waals surface area contributed by atoms with E-state index in [-0.39, 0.29) is 16.5 Å². The first-order chi connectivity index (χ1) is 8.58. The van der Waals surface area contributed by atoms with E-state index in [4.69, 9.17) is 21.8 Å². The lowest BCUT2D eigenvalue weighted by atomic mass is 10.2. The maximum absolute atomic E-state index is 11.7. The van der Waals surface area contributed by atoms with E-state index in [0.717, 1.165) is 0 Å². The lowest BCUT2D eigenvalue weighted by Gasteiger charge is -2.06. The van der Waals surface area contributed by atoms with Gasteiger partial charge in [-0.25, -0.2) is 0 Å². The molecule has 1 aromatic heterocycles. The predicted octanol–water partition coefficient (Wildman–Crippen LogP) is 2.28. The van der Waals surface area contributed by atoms with Crippen molar-refractivity contribution in [1.29, 1.82) is 0 Å². The number of carbonyl (C=O) groups excluding carboxylic acids is 2. The van der Waals surface area contributed by atoms with Crippen LogP contribution in [0.4, 0.5) is 5.69 Å². The average Bonchev–Trinajstić information content (AvgIpc) is 2.85. The number of nitrogens with one attached hydrogen (secondary N) is 1. The molecule has 2 aromatic rings. The molecule has 6 heteroatoms. The molecule has 0 bridgehead atoms. The van der Waals surface area contributed by atoms with E-state index in [1.165, 1.54) is 30.7 Å². The summed E-state index contributed by atoms with van der Waals surface area (Å²) in [6.07, 6.45) is 2.71. The number of benzene rings is 1. The SMILES string of the molecule is NC(=O)c1cc(NC(=O)c2ccoc2)ccc1Cl. The molecule has 0 fully saturated rings. The molecule has 1 heterocycles. The summed E-state index contributed by atoms with van der Waals surface area (Å²) in [6.45, 7) is 0. The summed E-state index contributed by atoms with van der Waals surface area (Å²) in [6, 6.07) is 6.02. The molecule has 0 unspecified atom stereocenters. The Bertz CT molecular complexity index is 593. The van der Waals surface area contributed by atoms with Crippen molar-refractivity contribution in [2.45, 2.75) is 0 Å². The van der Waals surface area contributed by atoms with Crippen LogP contribution in [0, 0.1) is 0 Å². The van der Waals surface area contributed by atoms with Gasteiger partial charge in [-0.1, -0.05) is 11.6 Å². The minimum absolute atomic E-state index is 0.154. The maximum atomic E-state index is 11.7. The zero-order chi connectivity index (χ0) is 13.1. The van der Waals surface area contributed by atoms with E-state index in [1.807, 2.05) is 0 Å². The molecule has 0 atom stereocenters. The van der Waals surface area contributed by atoms with Crippen molar-refractivity contribution < 1.29 is 14.0 Å². The molecule has 2 amide bonds. The highest BCUT2D eigenvalue weighted by molar-refractivity contribution is 6.34. The summed E-state index contributed by atoms with van der Waals surface area (Å²) in [5, 5.41) is 2.84. The van der Waals surface area contributed by atoms with Gasteiger partial charge in [0, 0.05) is 5.69 Å². The van der Waals surface area contributed by atoms with Gasteiger partial charge < -0.3 is 15.5 Å². The molecule has 3 N–H and O–H groups in total. The number of anilines is 1. The fourth-order valence-electron chi connectivity index (χ4n) is 1.39. The number of carbonyl (C=O) groups is 2. The van der Waals surface area contributed by atoms with Crippen LogP contribution in [0.3, 0.4) is 0 Å². The van der Waals surface area contributed by atoms with E-state index in [2.05, 4.69) is 5.32 Å². The number of furan rings is 1. The third-order valence-corrected chi connectivity index (χ3v) is 2.60.